The minimum absolute atomic E-state index is 0.0765. The molecule has 2 aliphatic rings. The maximum absolute atomic E-state index is 13.7. The van der Waals surface area contributed by atoms with E-state index in [1.807, 2.05) is 79.7 Å². The van der Waals surface area contributed by atoms with Crippen LogP contribution in [-0.2, 0) is 20.7 Å². The third-order valence-electron chi connectivity index (χ3n) is 6.99. The maximum atomic E-state index is 13.7. The normalized spacial score (nSPS) is 19.6. The van der Waals surface area contributed by atoms with Gasteiger partial charge in [0.1, 0.15) is 0 Å². The van der Waals surface area contributed by atoms with Gasteiger partial charge in [0.2, 0.25) is 0 Å². The quantitative estimate of drug-likeness (QED) is 0.357. The van der Waals surface area contributed by atoms with Crippen molar-refractivity contribution in [3.8, 4) is 0 Å². The standard InChI is InChI=1S/C31H28BrNO3/c1-20-28(31(35)36-17-16-21-8-4-2-5-9-21)29(23-12-14-25(32)15-13-23)30-26(33-20)18-24(19-27(30)34)22-10-6-3-7-11-22/h2-15,24,29,33H,16-19H2,1H3/t24-,29-/m1/s1. The van der Waals surface area contributed by atoms with E-state index in [0.29, 0.717) is 24.0 Å². The number of Topliss-reactive ketones (excluding diaryl/α,β-unsaturated/α-hetero) is 1. The van der Waals surface area contributed by atoms with E-state index in [1.165, 1.54) is 0 Å². The van der Waals surface area contributed by atoms with E-state index >= 15 is 0 Å². The van der Waals surface area contributed by atoms with Crippen LogP contribution in [0.1, 0.15) is 48.3 Å². The van der Waals surface area contributed by atoms with Crippen molar-refractivity contribution in [2.45, 2.75) is 38.0 Å². The van der Waals surface area contributed by atoms with Gasteiger partial charge in [-0.1, -0.05) is 88.7 Å². The summed E-state index contributed by atoms with van der Waals surface area (Å²) in [6.07, 6.45) is 1.79. The zero-order valence-corrected chi connectivity index (χ0v) is 21.8. The highest BCUT2D eigenvalue weighted by Crippen LogP contribution is 2.45. The molecule has 0 fully saturated rings. The molecule has 1 aliphatic carbocycles. The molecule has 182 valence electrons. The molecule has 1 heterocycles. The fourth-order valence-electron chi connectivity index (χ4n) is 5.24. The van der Waals surface area contributed by atoms with Crippen molar-refractivity contribution in [3.05, 3.63) is 129 Å². The second kappa shape index (κ2) is 10.7. The molecule has 0 saturated carbocycles. The molecule has 5 heteroatoms. The Bertz CT molecular complexity index is 1330. The van der Waals surface area contributed by atoms with Gasteiger partial charge in [0.15, 0.2) is 5.78 Å². The number of allylic oxidation sites excluding steroid dienone is 3. The Morgan fingerprint density at radius 2 is 1.58 bits per heavy atom. The van der Waals surface area contributed by atoms with Crippen molar-refractivity contribution in [3.63, 3.8) is 0 Å². The Balaban J connectivity index is 1.46. The van der Waals surface area contributed by atoms with Crippen LogP contribution in [0.15, 0.2) is 112 Å². The molecule has 0 radical (unpaired) electrons. The lowest BCUT2D eigenvalue weighted by atomic mass is 9.72. The van der Waals surface area contributed by atoms with Crippen molar-refractivity contribution in [2.75, 3.05) is 6.61 Å². The van der Waals surface area contributed by atoms with Gasteiger partial charge in [-0.25, -0.2) is 4.79 Å². The van der Waals surface area contributed by atoms with E-state index in [2.05, 4.69) is 33.4 Å². The number of rotatable bonds is 6. The summed E-state index contributed by atoms with van der Waals surface area (Å²) in [5, 5.41) is 3.43. The Labute approximate surface area is 220 Å². The molecule has 1 aliphatic heterocycles. The predicted molar refractivity (Wildman–Crippen MR) is 144 cm³/mol. The van der Waals surface area contributed by atoms with Gasteiger partial charge in [-0.05, 0) is 48.1 Å². The molecule has 3 aromatic rings. The SMILES string of the molecule is CC1=C(C(=O)OCCc2ccccc2)[C@@H](c2ccc(Br)cc2)C2=C(C[C@@H](c3ccccc3)CC2=O)N1. The molecule has 0 unspecified atom stereocenters. The lowest BCUT2D eigenvalue weighted by Crippen LogP contribution is -2.36. The zero-order valence-electron chi connectivity index (χ0n) is 20.2. The number of ether oxygens (including phenoxy) is 1. The average Bonchev–Trinajstić information content (AvgIpc) is 2.89. The molecule has 2 atom stereocenters. The van der Waals surface area contributed by atoms with Gasteiger partial charge in [0, 0.05) is 40.2 Å². The van der Waals surface area contributed by atoms with Crippen LogP contribution in [0, 0.1) is 0 Å². The molecule has 36 heavy (non-hydrogen) atoms. The van der Waals surface area contributed by atoms with Gasteiger partial charge >= 0.3 is 5.97 Å². The van der Waals surface area contributed by atoms with Gasteiger partial charge in [0.25, 0.3) is 0 Å². The molecular weight excluding hydrogens is 514 g/mol. The van der Waals surface area contributed by atoms with Crippen LogP contribution in [0.4, 0.5) is 0 Å². The summed E-state index contributed by atoms with van der Waals surface area (Å²) in [5.74, 6) is -0.647. The summed E-state index contributed by atoms with van der Waals surface area (Å²) in [6, 6.07) is 28.0. The van der Waals surface area contributed by atoms with E-state index < -0.39 is 5.92 Å². The highest BCUT2D eigenvalue weighted by molar-refractivity contribution is 9.10. The van der Waals surface area contributed by atoms with Crippen molar-refractivity contribution in [2.24, 2.45) is 0 Å². The van der Waals surface area contributed by atoms with Crippen molar-refractivity contribution < 1.29 is 14.3 Å². The van der Waals surface area contributed by atoms with E-state index in [4.69, 9.17) is 4.74 Å². The van der Waals surface area contributed by atoms with E-state index in [1.54, 1.807) is 0 Å². The average molecular weight is 542 g/mol. The summed E-state index contributed by atoms with van der Waals surface area (Å²) in [5.41, 5.74) is 6.03. The molecule has 1 N–H and O–H groups in total. The smallest absolute Gasteiger partial charge is 0.336 e. The number of hydrogen-bond donors (Lipinski definition) is 1. The van der Waals surface area contributed by atoms with Crippen LogP contribution in [-0.4, -0.2) is 18.4 Å². The topological polar surface area (TPSA) is 55.4 Å². The first-order chi connectivity index (χ1) is 17.5. The van der Waals surface area contributed by atoms with Crippen LogP contribution in [0.3, 0.4) is 0 Å². The van der Waals surface area contributed by atoms with E-state index in [0.717, 1.165) is 39.0 Å². The van der Waals surface area contributed by atoms with Crippen molar-refractivity contribution in [1.29, 1.82) is 0 Å². The number of nitrogens with one attached hydrogen (secondary N) is 1. The Morgan fingerprint density at radius 1 is 0.917 bits per heavy atom. The molecular formula is C31H28BrNO3. The molecule has 0 saturated heterocycles. The van der Waals surface area contributed by atoms with Gasteiger partial charge in [0.05, 0.1) is 12.2 Å². The molecule has 0 aromatic heterocycles. The summed E-state index contributed by atoms with van der Waals surface area (Å²) in [7, 11) is 0. The van der Waals surface area contributed by atoms with Crippen molar-refractivity contribution in [1.82, 2.24) is 5.32 Å². The number of esters is 1. The first kappa shape index (κ1) is 24.3. The number of benzene rings is 3. The number of hydrogen-bond acceptors (Lipinski definition) is 4. The first-order valence-electron chi connectivity index (χ1n) is 12.3. The zero-order chi connectivity index (χ0) is 25.1. The summed E-state index contributed by atoms with van der Waals surface area (Å²) < 4.78 is 6.70. The summed E-state index contributed by atoms with van der Waals surface area (Å²) in [6.45, 7) is 2.18. The van der Waals surface area contributed by atoms with E-state index in [-0.39, 0.29) is 24.3 Å². The minimum Gasteiger partial charge on any atom is -0.462 e. The number of halogens is 1. The van der Waals surface area contributed by atoms with Crippen LogP contribution >= 0.6 is 15.9 Å². The van der Waals surface area contributed by atoms with Crippen LogP contribution < -0.4 is 5.32 Å². The van der Waals surface area contributed by atoms with Crippen LogP contribution in [0.2, 0.25) is 0 Å². The highest BCUT2D eigenvalue weighted by Gasteiger charge is 2.41. The number of dihydropyridines is 1. The van der Waals surface area contributed by atoms with E-state index in [9.17, 15) is 9.59 Å². The van der Waals surface area contributed by atoms with Gasteiger partial charge in [-0.2, -0.15) is 0 Å². The number of carbonyl (C=O) groups excluding carboxylic acids is 2. The fraction of sp³-hybridized carbons (Fsp3) is 0.226. The van der Waals surface area contributed by atoms with Gasteiger partial charge < -0.3 is 10.1 Å². The second-order valence-corrected chi connectivity index (χ2v) is 10.3. The summed E-state index contributed by atoms with van der Waals surface area (Å²) >= 11 is 3.50. The second-order valence-electron chi connectivity index (χ2n) is 9.35. The minimum atomic E-state index is -0.456. The molecule has 5 rings (SSSR count). The fourth-order valence-corrected chi connectivity index (χ4v) is 5.51. The number of ketones is 1. The van der Waals surface area contributed by atoms with Crippen LogP contribution in [0.25, 0.3) is 0 Å². The van der Waals surface area contributed by atoms with Crippen LogP contribution in [0.5, 0.6) is 0 Å². The lowest BCUT2D eigenvalue weighted by Gasteiger charge is -2.36. The molecule has 0 amide bonds. The monoisotopic (exact) mass is 541 g/mol. The Morgan fingerprint density at radius 3 is 2.28 bits per heavy atom. The Hall–Kier alpha value is -3.44. The number of carbonyl (C=O) groups is 2. The third kappa shape index (κ3) is 5.07. The molecule has 4 nitrogen and oxygen atoms in total. The summed E-state index contributed by atoms with van der Waals surface area (Å²) in [4.78, 5) is 27.1. The first-order valence-corrected chi connectivity index (χ1v) is 13.1. The molecule has 0 bridgehead atoms. The van der Waals surface area contributed by atoms with Gasteiger partial charge in [-0.3, -0.25) is 4.79 Å². The van der Waals surface area contributed by atoms with Gasteiger partial charge in [-0.15, -0.1) is 0 Å². The third-order valence-corrected chi connectivity index (χ3v) is 7.52. The largest absolute Gasteiger partial charge is 0.462 e. The lowest BCUT2D eigenvalue weighted by molar-refractivity contribution is -0.139. The Kier molecular flexibility index (Phi) is 7.19. The highest BCUT2D eigenvalue weighted by atomic mass is 79.9. The molecule has 3 aromatic carbocycles. The predicted octanol–water partition coefficient (Wildman–Crippen LogP) is 6.60. The maximum Gasteiger partial charge on any atom is 0.336 e. The molecule has 0 spiro atoms. The van der Waals surface area contributed by atoms with Crippen molar-refractivity contribution >= 4 is 27.7 Å².